The lowest BCUT2D eigenvalue weighted by molar-refractivity contribution is 0.0431. The molecule has 0 aromatic carbocycles. The molecule has 154 valence electrons. The molecule has 0 radical (unpaired) electrons. The van der Waals surface area contributed by atoms with Gasteiger partial charge in [-0.15, -0.1) is 0 Å². The lowest BCUT2D eigenvalue weighted by atomic mass is 10.4. The lowest BCUT2D eigenvalue weighted by Crippen LogP contribution is -2.53. The highest BCUT2D eigenvalue weighted by Crippen LogP contribution is 2.11. The summed E-state index contributed by atoms with van der Waals surface area (Å²) < 4.78 is 37.9. The minimum atomic E-state index is -3.44. The summed E-state index contributed by atoms with van der Waals surface area (Å²) in [4.78, 5) is 15.8. The Morgan fingerprint density at radius 2 is 1.58 bits per heavy atom. The topological polar surface area (TPSA) is 82.6 Å². The van der Waals surface area contributed by atoms with Gasteiger partial charge in [0.2, 0.25) is 0 Å². The minimum absolute atomic E-state index is 0.203. The van der Waals surface area contributed by atoms with Crippen molar-refractivity contribution in [2.24, 2.45) is 0 Å². The number of hydrogen-bond donors (Lipinski definition) is 0. The van der Waals surface area contributed by atoms with Crippen LogP contribution in [0.15, 0.2) is 0 Å². The minimum Gasteiger partial charge on any atom is -0.447 e. The third kappa shape index (κ3) is 6.99. The molecule has 26 heavy (non-hydrogen) atoms. The van der Waals surface area contributed by atoms with Gasteiger partial charge in [0.1, 0.15) is 6.61 Å². The summed E-state index contributed by atoms with van der Waals surface area (Å²) in [6.07, 6.45) is -0.418. The summed E-state index contributed by atoms with van der Waals surface area (Å²) in [6, 6.07) is 0. The van der Waals surface area contributed by atoms with Gasteiger partial charge in [0, 0.05) is 46.3 Å². The molecule has 1 rings (SSSR count). The Hall–Kier alpha value is -0.940. The van der Waals surface area contributed by atoms with Crippen LogP contribution in [-0.2, 0) is 19.7 Å². The molecular weight excluding hydrogens is 360 g/mol. The van der Waals surface area contributed by atoms with Gasteiger partial charge in [-0.2, -0.15) is 17.0 Å². The van der Waals surface area contributed by atoms with Crippen LogP contribution in [0.25, 0.3) is 0 Å². The van der Waals surface area contributed by atoms with E-state index in [0.717, 1.165) is 19.6 Å². The van der Waals surface area contributed by atoms with E-state index in [2.05, 4.69) is 18.7 Å². The number of carbonyl (C=O) groups is 1. The maximum Gasteiger partial charge on any atom is 0.409 e. The van der Waals surface area contributed by atoms with E-state index in [4.69, 9.17) is 9.47 Å². The molecule has 0 N–H and O–H groups in total. The molecule has 10 heteroatoms. The fourth-order valence-electron chi connectivity index (χ4n) is 2.58. The van der Waals surface area contributed by atoms with Crippen molar-refractivity contribution < 1.29 is 22.7 Å². The van der Waals surface area contributed by atoms with Crippen molar-refractivity contribution in [3.8, 4) is 0 Å². The molecule has 1 heterocycles. The standard InChI is InChI=1S/C16H34N4O5S/c1-5-17(4)26(22,23)20-10-8-19(9-11-20)16(21)25-15-14-24-13-12-18(6-2)7-3/h5-15H2,1-4H3. The Kier molecular flexibility index (Phi) is 10.4. The van der Waals surface area contributed by atoms with Crippen LogP contribution >= 0.6 is 0 Å². The van der Waals surface area contributed by atoms with Crippen LogP contribution < -0.4 is 0 Å². The molecule has 1 aliphatic heterocycles. The summed E-state index contributed by atoms with van der Waals surface area (Å²) in [7, 11) is -1.88. The fourth-order valence-corrected chi connectivity index (χ4v) is 3.92. The average Bonchev–Trinajstić information content (AvgIpc) is 2.66. The molecule has 1 amide bonds. The summed E-state index contributed by atoms with van der Waals surface area (Å²) in [5.41, 5.74) is 0. The molecule has 0 saturated carbocycles. The quantitative estimate of drug-likeness (QED) is 0.469. The molecule has 0 atom stereocenters. The van der Waals surface area contributed by atoms with Crippen LogP contribution in [0.3, 0.4) is 0 Å². The first-order chi connectivity index (χ1) is 12.4. The molecule has 0 aromatic rings. The molecule has 0 spiro atoms. The summed E-state index contributed by atoms with van der Waals surface area (Å²) in [5, 5.41) is 0. The van der Waals surface area contributed by atoms with Crippen LogP contribution in [-0.4, -0.2) is 112 Å². The van der Waals surface area contributed by atoms with E-state index in [1.54, 1.807) is 14.0 Å². The highest BCUT2D eigenvalue weighted by molar-refractivity contribution is 7.86. The van der Waals surface area contributed by atoms with Gasteiger partial charge in [-0.3, -0.25) is 0 Å². The van der Waals surface area contributed by atoms with Crippen LogP contribution in [0.1, 0.15) is 20.8 Å². The number of likely N-dealkylation sites (N-methyl/N-ethyl adjacent to an activating group) is 1. The van der Waals surface area contributed by atoms with Gasteiger partial charge in [-0.05, 0) is 13.1 Å². The predicted molar refractivity (Wildman–Crippen MR) is 100 cm³/mol. The summed E-state index contributed by atoms with van der Waals surface area (Å²) in [6.45, 7) is 11.7. The predicted octanol–water partition coefficient (Wildman–Crippen LogP) is 0.296. The van der Waals surface area contributed by atoms with Gasteiger partial charge in [0.15, 0.2) is 0 Å². The number of carbonyl (C=O) groups excluding carboxylic acids is 1. The van der Waals surface area contributed by atoms with E-state index in [1.807, 2.05) is 0 Å². The average molecular weight is 395 g/mol. The van der Waals surface area contributed by atoms with E-state index in [1.165, 1.54) is 13.5 Å². The van der Waals surface area contributed by atoms with Crippen LogP contribution in [0, 0.1) is 0 Å². The monoisotopic (exact) mass is 394 g/mol. The molecule has 0 unspecified atom stereocenters. The first-order valence-corrected chi connectivity index (χ1v) is 10.7. The van der Waals surface area contributed by atoms with Gasteiger partial charge in [-0.1, -0.05) is 20.8 Å². The zero-order valence-corrected chi connectivity index (χ0v) is 17.3. The van der Waals surface area contributed by atoms with Gasteiger partial charge < -0.3 is 19.3 Å². The number of hydrogen-bond acceptors (Lipinski definition) is 6. The molecular formula is C16H34N4O5S. The van der Waals surface area contributed by atoms with Crippen LogP contribution in [0.4, 0.5) is 4.79 Å². The second kappa shape index (κ2) is 11.7. The fraction of sp³-hybridized carbons (Fsp3) is 0.938. The zero-order valence-electron chi connectivity index (χ0n) is 16.5. The number of piperazine rings is 1. The van der Waals surface area contributed by atoms with Gasteiger partial charge >= 0.3 is 6.09 Å². The van der Waals surface area contributed by atoms with E-state index in [-0.39, 0.29) is 19.7 Å². The third-order valence-corrected chi connectivity index (χ3v) is 6.63. The number of amides is 1. The van der Waals surface area contributed by atoms with Gasteiger partial charge in [0.05, 0.1) is 13.2 Å². The molecule has 0 bridgehead atoms. The Balaban J connectivity index is 2.22. The van der Waals surface area contributed by atoms with Crippen molar-refractivity contribution in [3.63, 3.8) is 0 Å². The highest BCUT2D eigenvalue weighted by Gasteiger charge is 2.31. The Labute approximate surface area is 158 Å². The van der Waals surface area contributed by atoms with Crippen LogP contribution in [0.2, 0.25) is 0 Å². The van der Waals surface area contributed by atoms with Crippen molar-refractivity contribution in [3.05, 3.63) is 0 Å². The van der Waals surface area contributed by atoms with Crippen molar-refractivity contribution in [2.45, 2.75) is 20.8 Å². The summed E-state index contributed by atoms with van der Waals surface area (Å²) in [5.74, 6) is 0. The van der Waals surface area contributed by atoms with E-state index >= 15 is 0 Å². The molecule has 0 aromatic heterocycles. The van der Waals surface area contributed by atoms with Gasteiger partial charge in [-0.25, -0.2) is 4.79 Å². The van der Waals surface area contributed by atoms with Crippen molar-refractivity contribution in [1.82, 2.24) is 18.4 Å². The number of ether oxygens (including phenoxy) is 2. The van der Waals surface area contributed by atoms with E-state index in [0.29, 0.717) is 32.8 Å². The smallest absolute Gasteiger partial charge is 0.409 e. The molecule has 0 aliphatic carbocycles. The lowest BCUT2D eigenvalue weighted by Gasteiger charge is -2.35. The molecule has 9 nitrogen and oxygen atoms in total. The SMILES string of the molecule is CCN(CC)CCOCCOC(=O)N1CCN(S(=O)(=O)N(C)CC)CC1. The van der Waals surface area contributed by atoms with Crippen LogP contribution in [0.5, 0.6) is 0 Å². The van der Waals surface area contributed by atoms with E-state index in [9.17, 15) is 13.2 Å². The normalized spacial score (nSPS) is 16.5. The van der Waals surface area contributed by atoms with Crippen molar-refractivity contribution >= 4 is 16.3 Å². The number of nitrogens with zero attached hydrogens (tertiary/aromatic N) is 4. The second-order valence-corrected chi connectivity index (χ2v) is 8.10. The first-order valence-electron chi connectivity index (χ1n) is 9.29. The zero-order chi connectivity index (χ0) is 19.6. The maximum absolute atomic E-state index is 12.3. The Morgan fingerprint density at radius 3 is 2.12 bits per heavy atom. The third-order valence-electron chi connectivity index (χ3n) is 4.56. The molecule has 1 saturated heterocycles. The van der Waals surface area contributed by atoms with E-state index < -0.39 is 16.3 Å². The molecule has 1 fully saturated rings. The van der Waals surface area contributed by atoms with Crippen molar-refractivity contribution in [2.75, 3.05) is 79.2 Å². The van der Waals surface area contributed by atoms with Gasteiger partial charge in [0.25, 0.3) is 10.2 Å². The Morgan fingerprint density at radius 1 is 0.962 bits per heavy atom. The molecule has 1 aliphatic rings. The number of rotatable bonds is 11. The largest absolute Gasteiger partial charge is 0.447 e. The summed E-state index contributed by atoms with van der Waals surface area (Å²) >= 11 is 0. The first kappa shape index (κ1) is 23.1. The Bertz CT molecular complexity index is 505. The second-order valence-electron chi connectivity index (χ2n) is 6.06. The maximum atomic E-state index is 12.3. The highest BCUT2D eigenvalue weighted by atomic mass is 32.2. The van der Waals surface area contributed by atoms with Crippen molar-refractivity contribution in [1.29, 1.82) is 0 Å².